The summed E-state index contributed by atoms with van der Waals surface area (Å²) in [4.78, 5) is 3.66. The Morgan fingerprint density at radius 3 is 2.52 bits per heavy atom. The van der Waals surface area contributed by atoms with Crippen LogP contribution in [0.3, 0.4) is 0 Å². The van der Waals surface area contributed by atoms with E-state index >= 15 is 0 Å². The van der Waals surface area contributed by atoms with Crippen molar-refractivity contribution in [2.75, 3.05) is 18.0 Å². The summed E-state index contributed by atoms with van der Waals surface area (Å²) in [5, 5.41) is 18.7. The molecule has 108 valence electrons. The average Bonchev–Trinajstić information content (AvgIpc) is 2.74. The number of hydrogen-bond donors (Lipinski definition) is 0. The van der Waals surface area contributed by atoms with Crippen molar-refractivity contribution in [3.05, 3.63) is 35.0 Å². The third-order valence-electron chi connectivity index (χ3n) is 3.65. The lowest BCUT2D eigenvalue weighted by Gasteiger charge is -2.18. The van der Waals surface area contributed by atoms with E-state index in [-0.39, 0.29) is 0 Å². The Bertz CT molecular complexity index is 665. The minimum atomic E-state index is 0.372. The van der Waals surface area contributed by atoms with Gasteiger partial charge in [-0.3, -0.25) is 0 Å². The summed E-state index contributed by atoms with van der Waals surface area (Å²) >= 11 is 6.00. The second-order valence-electron chi connectivity index (χ2n) is 5.15. The van der Waals surface area contributed by atoms with Gasteiger partial charge in [0.15, 0.2) is 5.82 Å². The van der Waals surface area contributed by atoms with Gasteiger partial charge in [-0.25, -0.2) is 0 Å². The van der Waals surface area contributed by atoms with Crippen LogP contribution in [0.4, 0.5) is 5.82 Å². The first-order valence-electron chi connectivity index (χ1n) is 7.16. The van der Waals surface area contributed by atoms with Crippen LogP contribution >= 0.6 is 11.6 Å². The van der Waals surface area contributed by atoms with Gasteiger partial charge in [-0.1, -0.05) is 30.5 Å². The van der Waals surface area contributed by atoms with Crippen molar-refractivity contribution in [1.82, 2.24) is 15.0 Å². The van der Waals surface area contributed by atoms with Crippen LogP contribution in [0.15, 0.2) is 24.3 Å². The molecule has 2 aromatic rings. The molecule has 0 radical (unpaired) electrons. The van der Waals surface area contributed by atoms with Crippen molar-refractivity contribution < 1.29 is 0 Å². The van der Waals surface area contributed by atoms with E-state index in [1.807, 2.05) is 12.1 Å². The van der Waals surface area contributed by atoms with Gasteiger partial charge in [-0.2, -0.15) is 5.26 Å². The van der Waals surface area contributed by atoms with Crippen LogP contribution in [0.25, 0.3) is 5.69 Å². The quantitative estimate of drug-likeness (QED) is 0.855. The first-order valence-corrected chi connectivity index (χ1v) is 7.54. The van der Waals surface area contributed by atoms with Gasteiger partial charge in [0.2, 0.25) is 5.69 Å². The third kappa shape index (κ3) is 3.01. The van der Waals surface area contributed by atoms with Gasteiger partial charge in [0.05, 0.1) is 5.69 Å². The Morgan fingerprint density at radius 2 is 1.86 bits per heavy atom. The third-order valence-corrected chi connectivity index (χ3v) is 3.88. The zero-order chi connectivity index (χ0) is 14.7. The van der Waals surface area contributed by atoms with Crippen LogP contribution < -0.4 is 4.90 Å². The van der Waals surface area contributed by atoms with E-state index in [2.05, 4.69) is 21.2 Å². The lowest BCUT2D eigenvalue weighted by atomic mass is 10.2. The lowest BCUT2D eigenvalue weighted by Crippen LogP contribution is -2.25. The van der Waals surface area contributed by atoms with Gasteiger partial charge in [0, 0.05) is 18.1 Å². The topological polar surface area (TPSA) is 57.7 Å². The minimum Gasteiger partial charge on any atom is -0.353 e. The van der Waals surface area contributed by atoms with E-state index in [1.54, 1.807) is 12.1 Å². The van der Waals surface area contributed by atoms with E-state index in [1.165, 1.54) is 17.6 Å². The number of nitrogens with zero attached hydrogens (tertiary/aromatic N) is 5. The molecule has 1 aliphatic rings. The molecule has 1 saturated heterocycles. The Kier molecular flexibility index (Phi) is 4.07. The Balaban J connectivity index is 1.96. The van der Waals surface area contributed by atoms with Gasteiger partial charge in [-0.15, -0.1) is 15.0 Å². The van der Waals surface area contributed by atoms with Crippen LogP contribution in [0, 0.1) is 11.3 Å². The van der Waals surface area contributed by atoms with Gasteiger partial charge in [0.1, 0.15) is 6.07 Å². The molecule has 0 spiro atoms. The highest BCUT2D eigenvalue weighted by molar-refractivity contribution is 6.30. The van der Waals surface area contributed by atoms with Crippen molar-refractivity contribution in [3.63, 3.8) is 0 Å². The van der Waals surface area contributed by atoms with E-state index in [0.29, 0.717) is 16.5 Å². The Morgan fingerprint density at radius 1 is 1.10 bits per heavy atom. The molecule has 0 atom stereocenters. The molecule has 1 fully saturated rings. The summed E-state index contributed by atoms with van der Waals surface area (Å²) in [7, 11) is 0. The molecule has 0 saturated carbocycles. The molecule has 21 heavy (non-hydrogen) atoms. The molecule has 0 bridgehead atoms. The van der Waals surface area contributed by atoms with Gasteiger partial charge in [-0.05, 0) is 31.0 Å². The van der Waals surface area contributed by atoms with Gasteiger partial charge in [0.25, 0.3) is 0 Å². The average molecular weight is 302 g/mol. The van der Waals surface area contributed by atoms with Crippen LogP contribution in [0.1, 0.15) is 31.4 Å². The van der Waals surface area contributed by atoms with Crippen molar-refractivity contribution in [1.29, 1.82) is 5.26 Å². The summed E-state index contributed by atoms with van der Waals surface area (Å²) in [6.45, 7) is 1.87. The SMILES string of the molecule is N#Cc1nn(-c2cccc(Cl)c2)nc1N1CCCCCC1. The first kappa shape index (κ1) is 13.9. The molecule has 1 aromatic carbocycles. The highest BCUT2D eigenvalue weighted by Gasteiger charge is 2.19. The van der Waals surface area contributed by atoms with Crippen LogP contribution in [0.5, 0.6) is 0 Å². The van der Waals surface area contributed by atoms with Crippen molar-refractivity contribution in [2.24, 2.45) is 0 Å². The maximum absolute atomic E-state index is 9.32. The summed E-state index contributed by atoms with van der Waals surface area (Å²) in [5.41, 5.74) is 1.14. The van der Waals surface area contributed by atoms with Gasteiger partial charge < -0.3 is 4.90 Å². The fraction of sp³-hybridized carbons (Fsp3) is 0.400. The number of rotatable bonds is 2. The normalized spacial score (nSPS) is 15.5. The monoisotopic (exact) mass is 301 g/mol. The molecular weight excluding hydrogens is 286 g/mol. The number of benzene rings is 1. The molecule has 5 nitrogen and oxygen atoms in total. The van der Waals surface area contributed by atoms with E-state index in [0.717, 1.165) is 31.6 Å². The lowest BCUT2D eigenvalue weighted by molar-refractivity contribution is 0.726. The minimum absolute atomic E-state index is 0.372. The largest absolute Gasteiger partial charge is 0.353 e. The maximum atomic E-state index is 9.32. The molecule has 3 rings (SSSR count). The standard InChI is InChI=1S/C15H16ClN5/c16-12-6-5-7-13(10-12)21-18-14(11-17)15(19-21)20-8-3-1-2-4-9-20/h5-7,10H,1-4,8-9H2. The Labute approximate surface area is 128 Å². The van der Waals surface area contributed by atoms with E-state index in [4.69, 9.17) is 11.6 Å². The van der Waals surface area contributed by atoms with Crippen LogP contribution in [0.2, 0.25) is 5.02 Å². The number of anilines is 1. The number of aromatic nitrogens is 3. The second-order valence-corrected chi connectivity index (χ2v) is 5.59. The number of nitriles is 1. The summed E-state index contributed by atoms with van der Waals surface area (Å²) in [5.74, 6) is 0.680. The van der Waals surface area contributed by atoms with Crippen molar-refractivity contribution in [3.8, 4) is 11.8 Å². The summed E-state index contributed by atoms with van der Waals surface area (Å²) < 4.78 is 0. The smallest absolute Gasteiger partial charge is 0.207 e. The van der Waals surface area contributed by atoms with Crippen LogP contribution in [-0.4, -0.2) is 28.1 Å². The molecule has 6 heteroatoms. The fourth-order valence-electron chi connectivity index (χ4n) is 2.58. The molecule has 1 aliphatic heterocycles. The fourth-order valence-corrected chi connectivity index (χ4v) is 2.77. The molecule has 0 unspecified atom stereocenters. The molecule has 2 heterocycles. The second kappa shape index (κ2) is 6.15. The molecule has 0 amide bonds. The van der Waals surface area contributed by atoms with E-state index in [9.17, 15) is 5.26 Å². The maximum Gasteiger partial charge on any atom is 0.207 e. The molecular formula is C15H16ClN5. The predicted molar refractivity (Wildman–Crippen MR) is 81.8 cm³/mol. The van der Waals surface area contributed by atoms with Crippen LogP contribution in [-0.2, 0) is 0 Å². The van der Waals surface area contributed by atoms with E-state index < -0.39 is 0 Å². The number of hydrogen-bond acceptors (Lipinski definition) is 4. The number of halogens is 1. The highest BCUT2D eigenvalue weighted by atomic mass is 35.5. The zero-order valence-electron chi connectivity index (χ0n) is 11.7. The molecule has 1 aromatic heterocycles. The Hall–Kier alpha value is -2.06. The summed E-state index contributed by atoms with van der Waals surface area (Å²) in [6.07, 6.45) is 4.74. The zero-order valence-corrected chi connectivity index (χ0v) is 12.4. The molecule has 0 aliphatic carbocycles. The van der Waals surface area contributed by atoms with Crippen molar-refractivity contribution in [2.45, 2.75) is 25.7 Å². The van der Waals surface area contributed by atoms with Crippen molar-refractivity contribution >= 4 is 17.4 Å². The first-order chi connectivity index (χ1) is 10.3. The predicted octanol–water partition coefficient (Wildman–Crippen LogP) is 3.17. The summed E-state index contributed by atoms with van der Waals surface area (Å²) in [6, 6.07) is 9.46. The van der Waals surface area contributed by atoms with Gasteiger partial charge >= 0.3 is 0 Å². The molecule has 0 N–H and O–H groups in total. The highest BCUT2D eigenvalue weighted by Crippen LogP contribution is 2.22.